The number of nitrogens with one attached hydrogen (secondary N) is 2. The zero-order valence-electron chi connectivity index (χ0n) is 27.3. The van der Waals surface area contributed by atoms with Gasteiger partial charge in [0, 0.05) is 41.8 Å². The Hall–Kier alpha value is -4.83. The molecule has 0 unspecified atom stereocenters. The highest BCUT2D eigenvalue weighted by molar-refractivity contribution is 5.89. The first-order valence-electron chi connectivity index (χ1n) is 15.7. The van der Waals surface area contributed by atoms with Gasteiger partial charge in [0.05, 0.1) is 26.4 Å². The van der Waals surface area contributed by atoms with Gasteiger partial charge >= 0.3 is 6.09 Å². The van der Waals surface area contributed by atoms with Crippen molar-refractivity contribution in [3.63, 3.8) is 0 Å². The summed E-state index contributed by atoms with van der Waals surface area (Å²) in [6, 6.07) is 17.0. The molecule has 4 aromatic rings. The molecule has 1 aliphatic rings. The Kier molecular flexibility index (Phi) is 10.9. The quantitative estimate of drug-likeness (QED) is 0.153. The molecule has 5 rings (SSSR count). The van der Waals surface area contributed by atoms with Crippen LogP contribution in [0.1, 0.15) is 42.4 Å². The van der Waals surface area contributed by atoms with E-state index in [-0.39, 0.29) is 11.8 Å². The molecule has 0 radical (unpaired) electrons. The van der Waals surface area contributed by atoms with Gasteiger partial charge in [-0.05, 0) is 88.5 Å². The van der Waals surface area contributed by atoms with Crippen LogP contribution in [-0.4, -0.2) is 61.4 Å². The van der Waals surface area contributed by atoms with E-state index in [9.17, 15) is 4.79 Å². The molecule has 1 fully saturated rings. The van der Waals surface area contributed by atoms with E-state index in [4.69, 9.17) is 18.9 Å². The third kappa shape index (κ3) is 8.45. The lowest BCUT2D eigenvalue weighted by Gasteiger charge is -2.26. The van der Waals surface area contributed by atoms with Crippen LogP contribution >= 0.6 is 0 Å². The summed E-state index contributed by atoms with van der Waals surface area (Å²) in [5, 5.41) is 6.12. The number of ether oxygens (including phenoxy) is 4. The van der Waals surface area contributed by atoms with Crippen molar-refractivity contribution < 1.29 is 23.7 Å². The number of hydrogen-bond acceptors (Lipinski definition) is 9. The molecule has 2 N–H and O–H groups in total. The van der Waals surface area contributed by atoms with Gasteiger partial charge in [0.2, 0.25) is 11.8 Å². The molecule has 1 amide bonds. The summed E-state index contributed by atoms with van der Waals surface area (Å²) in [5.41, 5.74) is 5.53. The highest BCUT2D eigenvalue weighted by Crippen LogP contribution is 2.38. The predicted octanol–water partition coefficient (Wildman–Crippen LogP) is 7.70. The highest BCUT2D eigenvalue weighted by atomic mass is 16.6. The van der Waals surface area contributed by atoms with Crippen molar-refractivity contribution in [3.8, 4) is 34.3 Å². The predicted molar refractivity (Wildman–Crippen MR) is 181 cm³/mol. The Balaban J connectivity index is 1.35. The second-order valence-corrected chi connectivity index (χ2v) is 11.5. The van der Waals surface area contributed by atoms with Gasteiger partial charge in [-0.3, -0.25) is 5.32 Å². The van der Waals surface area contributed by atoms with Crippen LogP contribution in [0.15, 0.2) is 60.8 Å². The van der Waals surface area contributed by atoms with E-state index in [1.54, 1.807) is 32.5 Å². The van der Waals surface area contributed by atoms with Crippen LogP contribution in [0.4, 0.5) is 22.1 Å². The monoisotopic (exact) mass is 625 g/mol. The molecule has 1 aliphatic heterocycles. The molecule has 242 valence electrons. The number of hydrogen-bond donors (Lipinski definition) is 2. The van der Waals surface area contributed by atoms with Crippen LogP contribution in [0.5, 0.6) is 23.1 Å². The second-order valence-electron chi connectivity index (χ2n) is 11.5. The first kappa shape index (κ1) is 32.6. The van der Waals surface area contributed by atoms with Crippen molar-refractivity contribution in [1.82, 2.24) is 14.9 Å². The maximum Gasteiger partial charge on any atom is 0.418 e. The zero-order chi connectivity index (χ0) is 32.5. The number of piperidine rings is 1. The van der Waals surface area contributed by atoms with Crippen molar-refractivity contribution in [2.45, 2.75) is 46.5 Å². The Morgan fingerprint density at radius 1 is 0.891 bits per heavy atom. The number of amides is 1. The number of methoxy groups -OCH3 is 2. The molecule has 0 atom stereocenters. The average Bonchev–Trinajstić information content (AvgIpc) is 3.05. The van der Waals surface area contributed by atoms with E-state index in [2.05, 4.69) is 25.5 Å². The van der Waals surface area contributed by atoms with E-state index in [1.807, 2.05) is 63.2 Å². The Bertz CT molecular complexity index is 1630. The number of aromatic nitrogens is 2. The van der Waals surface area contributed by atoms with Gasteiger partial charge in [-0.15, -0.1) is 0 Å². The fraction of sp³-hybridized carbons (Fsp3) is 0.361. The maximum absolute atomic E-state index is 13.3. The fourth-order valence-electron chi connectivity index (χ4n) is 5.76. The summed E-state index contributed by atoms with van der Waals surface area (Å²) in [6.07, 6.45) is 5.81. The minimum atomic E-state index is -0.673. The van der Waals surface area contributed by atoms with Crippen LogP contribution in [0.3, 0.4) is 0 Å². The van der Waals surface area contributed by atoms with Crippen molar-refractivity contribution in [1.29, 1.82) is 0 Å². The number of anilines is 3. The normalized spacial score (nSPS) is 13.2. The maximum atomic E-state index is 13.3. The van der Waals surface area contributed by atoms with E-state index >= 15 is 0 Å². The van der Waals surface area contributed by atoms with Gasteiger partial charge in [-0.1, -0.05) is 30.2 Å². The second kappa shape index (κ2) is 15.4. The topological polar surface area (TPSA) is 107 Å². The molecule has 3 aromatic carbocycles. The molecule has 10 nitrogen and oxygen atoms in total. The Morgan fingerprint density at radius 2 is 1.67 bits per heavy atom. The van der Waals surface area contributed by atoms with Crippen molar-refractivity contribution >= 4 is 23.4 Å². The molecule has 1 aromatic heterocycles. The van der Waals surface area contributed by atoms with Crippen LogP contribution in [-0.2, 0) is 0 Å². The molecular weight excluding hydrogens is 582 g/mol. The van der Waals surface area contributed by atoms with Gasteiger partial charge in [-0.2, -0.15) is 4.98 Å². The lowest BCUT2D eigenvalue weighted by molar-refractivity contribution is 0.205. The number of nitrogens with zero attached hydrogens (tertiary/aromatic N) is 3. The largest absolute Gasteiger partial charge is 0.497 e. The molecule has 0 aliphatic carbocycles. The molecule has 0 spiro atoms. The van der Waals surface area contributed by atoms with Crippen molar-refractivity contribution in [3.05, 3.63) is 77.5 Å². The number of likely N-dealkylation sites (tertiary alicyclic amines) is 1. The number of aryl methyl sites for hydroxylation is 3. The number of carbonyl (C=O) groups is 1. The van der Waals surface area contributed by atoms with Gasteiger partial charge in [0.1, 0.15) is 17.2 Å². The molecule has 0 bridgehead atoms. The van der Waals surface area contributed by atoms with E-state index in [0.717, 1.165) is 41.1 Å². The van der Waals surface area contributed by atoms with Gasteiger partial charge in [0.15, 0.2) is 0 Å². The Labute approximate surface area is 271 Å². The fourth-order valence-corrected chi connectivity index (χ4v) is 5.76. The van der Waals surface area contributed by atoms with Gasteiger partial charge < -0.3 is 29.2 Å². The molecular formula is C36H43N5O5. The van der Waals surface area contributed by atoms with Crippen molar-refractivity contribution in [2.24, 2.45) is 0 Å². The minimum absolute atomic E-state index is 0.0611. The molecule has 1 saturated heterocycles. The summed E-state index contributed by atoms with van der Waals surface area (Å²) in [5.74, 6) is 2.21. The van der Waals surface area contributed by atoms with E-state index < -0.39 is 6.09 Å². The Morgan fingerprint density at radius 3 is 2.41 bits per heavy atom. The third-order valence-corrected chi connectivity index (χ3v) is 7.97. The first-order chi connectivity index (χ1) is 22.3. The van der Waals surface area contributed by atoms with Crippen LogP contribution in [0.2, 0.25) is 0 Å². The summed E-state index contributed by atoms with van der Waals surface area (Å²) >= 11 is 0. The zero-order valence-corrected chi connectivity index (χ0v) is 27.3. The van der Waals surface area contributed by atoms with Crippen LogP contribution < -0.4 is 29.6 Å². The van der Waals surface area contributed by atoms with E-state index in [1.165, 1.54) is 32.4 Å². The molecule has 0 saturated carbocycles. The van der Waals surface area contributed by atoms with E-state index in [0.29, 0.717) is 34.9 Å². The van der Waals surface area contributed by atoms with Gasteiger partial charge in [-0.25, -0.2) is 9.78 Å². The summed E-state index contributed by atoms with van der Waals surface area (Å²) in [4.78, 5) is 24.9. The summed E-state index contributed by atoms with van der Waals surface area (Å²) in [6.45, 7) is 9.97. The molecule has 2 heterocycles. The first-order valence-corrected chi connectivity index (χ1v) is 15.7. The lowest BCUT2D eigenvalue weighted by Crippen LogP contribution is -2.31. The highest BCUT2D eigenvalue weighted by Gasteiger charge is 2.20. The third-order valence-electron chi connectivity index (χ3n) is 7.97. The van der Waals surface area contributed by atoms with Gasteiger partial charge in [0.25, 0.3) is 0 Å². The lowest BCUT2D eigenvalue weighted by atomic mass is 10.1. The van der Waals surface area contributed by atoms with Crippen LogP contribution in [0, 0.1) is 20.8 Å². The minimum Gasteiger partial charge on any atom is -0.497 e. The SMILES string of the molecule is COc1ccc(-c2cnc(Nc3cccc(OCCCN4CCCCC4)c3)nc2OC(=O)Nc2c(C)cc(C)cc2C)c(OC)c1. The standard InChI is InChI=1S/C36H43N5O5/c1-24-19-25(2)33(26(3)20-24)39-36(42)46-34-31(30-14-13-28(43-4)22-32(30)44-5)23-37-35(40-34)38-27-11-9-12-29(21-27)45-18-10-17-41-15-7-6-8-16-41/h9,11-14,19-23H,6-8,10,15-18H2,1-5H3,(H,39,42)(H,37,38,40). The number of benzene rings is 3. The summed E-state index contributed by atoms with van der Waals surface area (Å²) < 4.78 is 22.9. The van der Waals surface area contributed by atoms with Crippen molar-refractivity contribution in [2.75, 3.05) is 51.1 Å². The summed E-state index contributed by atoms with van der Waals surface area (Å²) in [7, 11) is 3.15. The average molecular weight is 626 g/mol. The number of carbonyl (C=O) groups excluding carboxylic acids is 1. The van der Waals surface area contributed by atoms with Crippen LogP contribution in [0.25, 0.3) is 11.1 Å². The number of rotatable bonds is 12. The smallest absolute Gasteiger partial charge is 0.418 e. The molecule has 46 heavy (non-hydrogen) atoms. The molecule has 10 heteroatoms.